The molecule has 4 nitrogen and oxygen atoms in total. The van der Waals surface area contributed by atoms with Gasteiger partial charge in [-0.3, -0.25) is 9.59 Å². The molecule has 0 aliphatic rings. The fraction of sp³-hybridized carbons (Fsp3) is 0.818. The first-order valence-electron chi connectivity index (χ1n) is 5.57. The van der Waals surface area contributed by atoms with Crippen LogP contribution in [-0.4, -0.2) is 42.9 Å². The van der Waals surface area contributed by atoms with Crippen LogP contribution >= 0.6 is 11.6 Å². The maximum absolute atomic E-state index is 11.5. The Morgan fingerprint density at radius 2 is 1.94 bits per heavy atom. The average Bonchev–Trinajstić information content (AvgIpc) is 2.26. The highest BCUT2D eigenvalue weighted by Gasteiger charge is 2.10. The van der Waals surface area contributed by atoms with Gasteiger partial charge < -0.3 is 9.64 Å². The second kappa shape index (κ2) is 9.46. The van der Waals surface area contributed by atoms with Gasteiger partial charge in [0.05, 0.1) is 13.0 Å². The number of alkyl halides is 1. The van der Waals surface area contributed by atoms with Gasteiger partial charge in [0, 0.05) is 25.9 Å². The van der Waals surface area contributed by atoms with Crippen LogP contribution in [0.1, 0.15) is 32.6 Å². The highest BCUT2D eigenvalue weighted by Crippen LogP contribution is 2.01. The van der Waals surface area contributed by atoms with Gasteiger partial charge in [-0.25, -0.2) is 0 Å². The van der Waals surface area contributed by atoms with Crippen LogP contribution in [0.4, 0.5) is 0 Å². The summed E-state index contributed by atoms with van der Waals surface area (Å²) in [5.74, 6) is 0.372. The molecule has 0 aromatic carbocycles. The monoisotopic (exact) mass is 249 g/mol. The maximum atomic E-state index is 11.5. The number of rotatable bonds is 8. The normalized spacial score (nSPS) is 9.94. The number of hydrogen-bond donors (Lipinski definition) is 0. The zero-order chi connectivity index (χ0) is 12.4. The van der Waals surface area contributed by atoms with E-state index in [9.17, 15) is 9.59 Å². The second-order valence-electron chi connectivity index (χ2n) is 3.52. The molecule has 0 bridgehead atoms. The Morgan fingerprint density at radius 3 is 2.50 bits per heavy atom. The number of esters is 1. The highest BCUT2D eigenvalue weighted by atomic mass is 35.5. The Hall–Kier alpha value is -0.770. The van der Waals surface area contributed by atoms with Gasteiger partial charge in [0.1, 0.15) is 0 Å². The number of halogens is 1. The molecule has 16 heavy (non-hydrogen) atoms. The molecule has 1 amide bonds. The van der Waals surface area contributed by atoms with Crippen LogP contribution < -0.4 is 0 Å². The third-order valence-electron chi connectivity index (χ3n) is 2.16. The van der Waals surface area contributed by atoms with Gasteiger partial charge in [0.2, 0.25) is 5.91 Å². The number of carbonyl (C=O) groups is 2. The van der Waals surface area contributed by atoms with E-state index in [2.05, 4.69) is 0 Å². The van der Waals surface area contributed by atoms with Gasteiger partial charge in [0.15, 0.2) is 0 Å². The molecule has 5 heteroatoms. The minimum Gasteiger partial charge on any atom is -0.466 e. The lowest BCUT2D eigenvalue weighted by atomic mass is 10.2. The summed E-state index contributed by atoms with van der Waals surface area (Å²) in [4.78, 5) is 24.1. The summed E-state index contributed by atoms with van der Waals surface area (Å²) in [7, 11) is 1.70. The number of carbonyl (C=O) groups excluding carboxylic acids is 2. The summed E-state index contributed by atoms with van der Waals surface area (Å²) in [6, 6.07) is 0. The van der Waals surface area contributed by atoms with Crippen molar-refractivity contribution in [3.63, 3.8) is 0 Å². The Balaban J connectivity index is 3.66. The molecule has 0 aliphatic carbocycles. The Morgan fingerprint density at radius 1 is 1.25 bits per heavy atom. The van der Waals surface area contributed by atoms with Crippen LogP contribution in [0.25, 0.3) is 0 Å². The zero-order valence-corrected chi connectivity index (χ0v) is 10.8. The van der Waals surface area contributed by atoms with Crippen molar-refractivity contribution in [2.75, 3.05) is 26.1 Å². The molecule has 0 spiro atoms. The van der Waals surface area contributed by atoms with Crippen LogP contribution in [0.3, 0.4) is 0 Å². The lowest BCUT2D eigenvalue weighted by Crippen LogP contribution is -2.29. The Kier molecular flexibility index (Phi) is 9.00. The molecule has 0 aromatic rings. The molecule has 0 saturated heterocycles. The number of hydrogen-bond acceptors (Lipinski definition) is 3. The van der Waals surface area contributed by atoms with Gasteiger partial charge in [-0.2, -0.15) is 0 Å². The Bertz CT molecular complexity index is 221. The molecule has 0 heterocycles. The van der Waals surface area contributed by atoms with Crippen molar-refractivity contribution in [3.8, 4) is 0 Å². The largest absolute Gasteiger partial charge is 0.466 e. The molecule has 94 valence electrons. The average molecular weight is 250 g/mol. The molecule has 0 aliphatic heterocycles. The molecule has 0 aromatic heterocycles. The van der Waals surface area contributed by atoms with Crippen molar-refractivity contribution in [2.45, 2.75) is 32.6 Å². The third kappa shape index (κ3) is 7.51. The van der Waals surface area contributed by atoms with E-state index >= 15 is 0 Å². The fourth-order valence-electron chi connectivity index (χ4n) is 1.18. The van der Waals surface area contributed by atoms with E-state index < -0.39 is 0 Å². The topological polar surface area (TPSA) is 46.6 Å². The van der Waals surface area contributed by atoms with E-state index in [1.165, 1.54) is 0 Å². The summed E-state index contributed by atoms with van der Waals surface area (Å²) >= 11 is 5.52. The standard InChI is InChI=1S/C11H20ClNO3/c1-3-16-11(15)7-9-13(2)10(14)6-4-5-8-12/h3-9H2,1-2H3. The summed E-state index contributed by atoms with van der Waals surface area (Å²) in [6.07, 6.45) is 2.39. The van der Waals surface area contributed by atoms with Crippen LogP contribution in [-0.2, 0) is 14.3 Å². The summed E-state index contributed by atoms with van der Waals surface area (Å²) < 4.78 is 4.78. The predicted molar refractivity (Wildman–Crippen MR) is 63.5 cm³/mol. The van der Waals surface area contributed by atoms with Crippen LogP contribution in [0.5, 0.6) is 0 Å². The molecule has 0 N–H and O–H groups in total. The van der Waals surface area contributed by atoms with E-state index in [0.29, 0.717) is 25.5 Å². The predicted octanol–water partition coefficient (Wildman–Crippen LogP) is 1.81. The minimum atomic E-state index is -0.261. The number of amides is 1. The van der Waals surface area contributed by atoms with Crippen molar-refractivity contribution >= 4 is 23.5 Å². The zero-order valence-electron chi connectivity index (χ0n) is 10.00. The van der Waals surface area contributed by atoms with Gasteiger partial charge in [-0.1, -0.05) is 0 Å². The van der Waals surface area contributed by atoms with E-state index in [1.54, 1.807) is 18.9 Å². The molecule has 0 fully saturated rings. The molecular weight excluding hydrogens is 230 g/mol. The summed E-state index contributed by atoms with van der Waals surface area (Å²) in [5, 5.41) is 0. The van der Waals surface area contributed by atoms with Crippen LogP contribution in [0.15, 0.2) is 0 Å². The lowest BCUT2D eigenvalue weighted by Gasteiger charge is -2.16. The van der Waals surface area contributed by atoms with E-state index in [1.807, 2.05) is 0 Å². The highest BCUT2D eigenvalue weighted by molar-refractivity contribution is 6.17. The first-order chi connectivity index (χ1) is 7.61. The molecule has 0 atom stereocenters. The summed E-state index contributed by atoms with van der Waals surface area (Å²) in [6.45, 7) is 2.56. The fourth-order valence-corrected chi connectivity index (χ4v) is 1.37. The molecule has 0 saturated carbocycles. The van der Waals surface area contributed by atoms with Crippen LogP contribution in [0, 0.1) is 0 Å². The molecule has 0 rings (SSSR count). The number of ether oxygens (including phenoxy) is 1. The van der Waals surface area contributed by atoms with Gasteiger partial charge in [-0.15, -0.1) is 11.6 Å². The second-order valence-corrected chi connectivity index (χ2v) is 3.89. The van der Waals surface area contributed by atoms with Gasteiger partial charge in [0.25, 0.3) is 0 Å². The minimum absolute atomic E-state index is 0.0504. The van der Waals surface area contributed by atoms with Crippen LogP contribution in [0.2, 0.25) is 0 Å². The quantitative estimate of drug-likeness (QED) is 0.374. The third-order valence-corrected chi connectivity index (χ3v) is 2.42. The SMILES string of the molecule is CCOC(=O)CCN(C)C(=O)CCCCCl. The molecular formula is C11H20ClNO3. The number of unbranched alkanes of at least 4 members (excludes halogenated alkanes) is 1. The van der Waals surface area contributed by atoms with E-state index in [-0.39, 0.29) is 18.3 Å². The van der Waals surface area contributed by atoms with Gasteiger partial charge >= 0.3 is 5.97 Å². The lowest BCUT2D eigenvalue weighted by molar-refractivity contribution is -0.143. The smallest absolute Gasteiger partial charge is 0.307 e. The van der Waals surface area contributed by atoms with Crippen molar-refractivity contribution in [1.82, 2.24) is 4.90 Å². The van der Waals surface area contributed by atoms with Crippen molar-refractivity contribution in [1.29, 1.82) is 0 Å². The van der Waals surface area contributed by atoms with E-state index in [0.717, 1.165) is 12.8 Å². The molecule has 0 radical (unpaired) electrons. The van der Waals surface area contributed by atoms with Crippen molar-refractivity contribution in [3.05, 3.63) is 0 Å². The molecule has 0 unspecified atom stereocenters. The first-order valence-corrected chi connectivity index (χ1v) is 6.10. The number of nitrogens with zero attached hydrogens (tertiary/aromatic N) is 1. The Labute approximate surface area is 102 Å². The maximum Gasteiger partial charge on any atom is 0.307 e. The van der Waals surface area contributed by atoms with E-state index in [4.69, 9.17) is 16.3 Å². The first kappa shape index (κ1) is 15.2. The van der Waals surface area contributed by atoms with Crippen molar-refractivity contribution < 1.29 is 14.3 Å². The summed E-state index contributed by atoms with van der Waals surface area (Å²) in [5.41, 5.74) is 0. The van der Waals surface area contributed by atoms with Gasteiger partial charge in [-0.05, 0) is 19.8 Å². The van der Waals surface area contributed by atoms with Crippen molar-refractivity contribution in [2.24, 2.45) is 0 Å².